The smallest absolute Gasteiger partial charge is 0.214 e. The van der Waals surface area contributed by atoms with Crippen LogP contribution in [-0.2, 0) is 5.11 Å². The van der Waals surface area contributed by atoms with Crippen molar-refractivity contribution in [3.8, 4) is 41.5 Å². The van der Waals surface area contributed by atoms with Crippen molar-refractivity contribution in [1.82, 2.24) is 0 Å². The lowest BCUT2D eigenvalue weighted by Crippen LogP contribution is -1.92. The summed E-state index contributed by atoms with van der Waals surface area (Å²) in [5, 5.41) is 47.4. The molecule has 22 heavy (non-hydrogen) atoms. The Morgan fingerprint density at radius 3 is 1.86 bits per heavy atom. The molecule has 0 aliphatic carbocycles. The standard InChI is InChI=1S/C16H5N4O2/c17-6-10-1-2-11(7-18)15(3-10)22-14-4-12(8-19)16(21)13(5-14)9-20/h1-5H. The van der Waals surface area contributed by atoms with Crippen LogP contribution in [0.2, 0.25) is 0 Å². The van der Waals surface area contributed by atoms with Gasteiger partial charge in [-0.1, -0.05) is 0 Å². The summed E-state index contributed by atoms with van der Waals surface area (Å²) in [6.07, 6.45) is 0. The molecular weight excluding hydrogens is 280 g/mol. The van der Waals surface area contributed by atoms with E-state index < -0.39 is 5.75 Å². The van der Waals surface area contributed by atoms with Crippen molar-refractivity contribution < 1.29 is 9.84 Å². The fourth-order valence-corrected chi connectivity index (χ4v) is 1.72. The molecule has 0 saturated carbocycles. The second-order valence-electron chi connectivity index (χ2n) is 4.11. The van der Waals surface area contributed by atoms with Crippen LogP contribution in [0.4, 0.5) is 0 Å². The molecule has 0 fully saturated rings. The number of hydrogen-bond donors (Lipinski definition) is 0. The molecule has 101 valence electrons. The summed E-state index contributed by atoms with van der Waals surface area (Å²) in [4.78, 5) is 0. The Hall–Kier alpha value is -4.00. The number of benzene rings is 2. The van der Waals surface area contributed by atoms with Crippen molar-refractivity contribution >= 4 is 0 Å². The highest BCUT2D eigenvalue weighted by Crippen LogP contribution is 2.32. The van der Waals surface area contributed by atoms with Gasteiger partial charge in [0, 0.05) is 12.1 Å². The van der Waals surface area contributed by atoms with E-state index >= 15 is 0 Å². The van der Waals surface area contributed by atoms with E-state index in [-0.39, 0.29) is 33.8 Å². The van der Waals surface area contributed by atoms with E-state index in [0.717, 1.165) is 0 Å². The Bertz CT molecular complexity index is 886. The SMILES string of the molecule is N#Cc1ccc(C#N)c(Oc2cc(C#N)c([O])c(C#N)c2)c1. The average Bonchev–Trinajstić information content (AvgIpc) is 2.56. The van der Waals surface area contributed by atoms with E-state index in [1.807, 2.05) is 12.1 Å². The summed E-state index contributed by atoms with van der Waals surface area (Å²) >= 11 is 0. The minimum absolute atomic E-state index is 0.0688. The van der Waals surface area contributed by atoms with Gasteiger partial charge in [0.25, 0.3) is 0 Å². The number of nitriles is 4. The van der Waals surface area contributed by atoms with Crippen molar-refractivity contribution in [2.45, 2.75) is 0 Å². The maximum absolute atomic E-state index is 11.7. The van der Waals surface area contributed by atoms with Crippen LogP contribution in [0.3, 0.4) is 0 Å². The molecule has 0 bridgehead atoms. The highest BCUT2D eigenvalue weighted by molar-refractivity contribution is 5.58. The lowest BCUT2D eigenvalue weighted by Gasteiger charge is -2.08. The number of ether oxygens (including phenoxy) is 1. The first-order valence-corrected chi connectivity index (χ1v) is 5.90. The highest BCUT2D eigenvalue weighted by atomic mass is 16.5. The van der Waals surface area contributed by atoms with E-state index in [1.165, 1.54) is 30.3 Å². The summed E-state index contributed by atoms with van der Waals surface area (Å²) in [5.74, 6) is -0.504. The molecule has 0 amide bonds. The zero-order valence-corrected chi connectivity index (χ0v) is 11.0. The van der Waals surface area contributed by atoms with Crippen LogP contribution >= 0.6 is 0 Å². The minimum Gasteiger partial charge on any atom is -0.456 e. The van der Waals surface area contributed by atoms with Crippen molar-refractivity contribution in [1.29, 1.82) is 21.0 Å². The second-order valence-corrected chi connectivity index (χ2v) is 4.11. The third kappa shape index (κ3) is 2.63. The number of rotatable bonds is 2. The van der Waals surface area contributed by atoms with Gasteiger partial charge in [-0.2, -0.15) is 21.0 Å². The van der Waals surface area contributed by atoms with Gasteiger partial charge in [0.15, 0.2) is 0 Å². The molecule has 0 atom stereocenters. The van der Waals surface area contributed by atoms with Crippen LogP contribution in [-0.4, -0.2) is 0 Å². The quantitative estimate of drug-likeness (QED) is 0.838. The molecule has 0 spiro atoms. The first-order valence-electron chi connectivity index (χ1n) is 5.90. The van der Waals surface area contributed by atoms with Crippen LogP contribution < -0.4 is 4.74 Å². The largest absolute Gasteiger partial charge is 0.456 e. The van der Waals surface area contributed by atoms with E-state index in [4.69, 9.17) is 25.8 Å². The van der Waals surface area contributed by atoms with Gasteiger partial charge in [-0.15, -0.1) is 0 Å². The topological polar surface area (TPSA) is 124 Å². The molecule has 0 aromatic heterocycles. The molecule has 0 unspecified atom stereocenters. The van der Waals surface area contributed by atoms with Gasteiger partial charge < -0.3 is 4.74 Å². The van der Waals surface area contributed by atoms with Crippen molar-refractivity contribution in [2.24, 2.45) is 0 Å². The van der Waals surface area contributed by atoms with Crippen LogP contribution in [0.15, 0.2) is 30.3 Å². The van der Waals surface area contributed by atoms with E-state index in [0.29, 0.717) is 0 Å². The zero-order valence-electron chi connectivity index (χ0n) is 11.0. The first kappa shape index (κ1) is 14.4. The fraction of sp³-hybridized carbons (Fsp3) is 0. The number of nitrogens with zero attached hydrogens (tertiary/aromatic N) is 4. The van der Waals surface area contributed by atoms with Gasteiger partial charge >= 0.3 is 0 Å². The van der Waals surface area contributed by atoms with Gasteiger partial charge in [-0.25, -0.2) is 0 Å². The first-order chi connectivity index (χ1) is 10.6. The van der Waals surface area contributed by atoms with E-state index in [1.54, 1.807) is 12.1 Å². The molecular formula is C16H5N4O2. The summed E-state index contributed by atoms with van der Waals surface area (Å²) in [7, 11) is 0. The molecule has 0 aliphatic heterocycles. The summed E-state index contributed by atoms with van der Waals surface area (Å²) in [5.41, 5.74) is 0.00524. The Morgan fingerprint density at radius 1 is 0.773 bits per heavy atom. The second kappa shape index (κ2) is 5.97. The van der Waals surface area contributed by atoms with Crippen LogP contribution in [0.25, 0.3) is 0 Å². The van der Waals surface area contributed by atoms with Crippen LogP contribution in [0.5, 0.6) is 17.2 Å². The molecule has 2 rings (SSSR count). The zero-order chi connectivity index (χ0) is 16.1. The Morgan fingerprint density at radius 2 is 1.36 bits per heavy atom. The molecule has 0 N–H and O–H groups in total. The molecule has 6 nitrogen and oxygen atoms in total. The summed E-state index contributed by atoms with van der Waals surface area (Å²) in [6.45, 7) is 0. The van der Waals surface area contributed by atoms with E-state index in [9.17, 15) is 5.11 Å². The predicted molar refractivity (Wildman–Crippen MR) is 72.0 cm³/mol. The lowest BCUT2D eigenvalue weighted by atomic mass is 10.1. The normalized spacial score (nSPS) is 8.91. The molecule has 0 saturated heterocycles. The Balaban J connectivity index is 2.54. The van der Waals surface area contributed by atoms with Crippen molar-refractivity contribution in [3.63, 3.8) is 0 Å². The van der Waals surface area contributed by atoms with Gasteiger partial charge in [-0.3, -0.25) is 5.11 Å². The fourth-order valence-electron chi connectivity index (χ4n) is 1.72. The Labute approximate surface area is 125 Å². The monoisotopic (exact) mass is 285 g/mol. The van der Waals surface area contributed by atoms with Gasteiger partial charge in [0.1, 0.15) is 40.8 Å². The molecule has 0 aliphatic rings. The molecule has 0 heterocycles. The minimum atomic E-state index is -0.677. The maximum Gasteiger partial charge on any atom is 0.214 e. The van der Waals surface area contributed by atoms with Crippen LogP contribution in [0, 0.1) is 45.3 Å². The molecule has 2 aromatic carbocycles. The van der Waals surface area contributed by atoms with Crippen molar-refractivity contribution in [3.05, 3.63) is 52.6 Å². The van der Waals surface area contributed by atoms with Crippen LogP contribution in [0.1, 0.15) is 22.3 Å². The summed E-state index contributed by atoms with van der Waals surface area (Å²) in [6, 6.07) is 13.8. The third-order valence-electron chi connectivity index (χ3n) is 2.76. The number of hydrogen-bond acceptors (Lipinski definition) is 5. The molecule has 1 radical (unpaired) electrons. The predicted octanol–water partition coefficient (Wildman–Crippen LogP) is 3.11. The molecule has 6 heteroatoms. The van der Waals surface area contributed by atoms with E-state index in [2.05, 4.69) is 0 Å². The maximum atomic E-state index is 11.7. The lowest BCUT2D eigenvalue weighted by molar-refractivity contribution is 0.351. The highest BCUT2D eigenvalue weighted by Gasteiger charge is 2.14. The third-order valence-corrected chi connectivity index (χ3v) is 2.76. The Kier molecular flexibility index (Phi) is 3.91. The van der Waals surface area contributed by atoms with Gasteiger partial charge in [0.05, 0.1) is 17.2 Å². The summed E-state index contributed by atoms with van der Waals surface area (Å²) < 4.78 is 5.47. The average molecular weight is 285 g/mol. The van der Waals surface area contributed by atoms with Gasteiger partial charge in [-0.05, 0) is 18.2 Å². The van der Waals surface area contributed by atoms with Gasteiger partial charge in [0.2, 0.25) is 5.75 Å². The van der Waals surface area contributed by atoms with Crippen molar-refractivity contribution in [2.75, 3.05) is 0 Å². The molecule has 2 aromatic rings.